The molecule has 17 heavy (non-hydrogen) atoms. The Morgan fingerprint density at radius 2 is 2.00 bits per heavy atom. The van der Waals surface area contributed by atoms with Gasteiger partial charge < -0.3 is 15.0 Å². The number of hydrogen-bond donors (Lipinski definition) is 1. The second-order valence-corrected chi connectivity index (χ2v) is 4.27. The fourth-order valence-electron chi connectivity index (χ4n) is 1.79. The monoisotopic (exact) mass is 237 g/mol. The number of pyridine rings is 1. The largest absolute Gasteiger partial charge is 0.479 e. The van der Waals surface area contributed by atoms with Gasteiger partial charge in [0.2, 0.25) is 5.88 Å². The maximum atomic E-state index is 5.33. The van der Waals surface area contributed by atoms with Gasteiger partial charge in [0.25, 0.3) is 0 Å². The molecule has 0 spiro atoms. The Balaban J connectivity index is 3.08. The summed E-state index contributed by atoms with van der Waals surface area (Å²) < 4.78 is 5.33. The van der Waals surface area contributed by atoms with Gasteiger partial charge in [0, 0.05) is 26.3 Å². The van der Waals surface area contributed by atoms with Crippen LogP contribution in [0.15, 0.2) is 12.3 Å². The number of rotatable bonds is 6. The quantitative estimate of drug-likeness (QED) is 0.825. The maximum absolute atomic E-state index is 5.33. The summed E-state index contributed by atoms with van der Waals surface area (Å²) in [5.74, 6) is 0.656. The minimum atomic E-state index is 0.451. The van der Waals surface area contributed by atoms with Crippen LogP contribution in [0.25, 0.3) is 0 Å². The lowest BCUT2D eigenvalue weighted by molar-refractivity contribution is 0.399. The second-order valence-electron chi connectivity index (χ2n) is 4.27. The van der Waals surface area contributed by atoms with Gasteiger partial charge in [-0.3, -0.25) is 0 Å². The van der Waals surface area contributed by atoms with E-state index in [0.717, 1.165) is 24.2 Å². The van der Waals surface area contributed by atoms with Crippen LogP contribution in [0, 0.1) is 0 Å². The van der Waals surface area contributed by atoms with Crippen LogP contribution in [0.3, 0.4) is 0 Å². The molecule has 1 aromatic rings. The lowest BCUT2D eigenvalue weighted by Crippen LogP contribution is -2.21. The lowest BCUT2D eigenvalue weighted by Gasteiger charge is -2.23. The van der Waals surface area contributed by atoms with E-state index in [1.807, 2.05) is 20.2 Å². The van der Waals surface area contributed by atoms with E-state index in [1.54, 1.807) is 13.3 Å². The SMILES string of the molecule is CCC(CC)Nc1c(N(C)C)ccnc1OC. The number of aromatic nitrogens is 1. The van der Waals surface area contributed by atoms with E-state index in [4.69, 9.17) is 4.74 Å². The molecule has 1 N–H and O–H groups in total. The van der Waals surface area contributed by atoms with Crippen LogP contribution in [0.5, 0.6) is 5.88 Å². The molecule has 1 aromatic heterocycles. The summed E-state index contributed by atoms with van der Waals surface area (Å²) in [4.78, 5) is 6.31. The number of nitrogens with zero attached hydrogens (tertiary/aromatic N) is 2. The minimum Gasteiger partial charge on any atom is -0.479 e. The Bertz CT molecular complexity index is 349. The van der Waals surface area contributed by atoms with Crippen molar-refractivity contribution >= 4 is 11.4 Å². The average molecular weight is 237 g/mol. The van der Waals surface area contributed by atoms with Crippen molar-refractivity contribution in [2.75, 3.05) is 31.4 Å². The Morgan fingerprint density at radius 1 is 1.35 bits per heavy atom. The van der Waals surface area contributed by atoms with E-state index >= 15 is 0 Å². The first-order valence-corrected chi connectivity index (χ1v) is 6.10. The van der Waals surface area contributed by atoms with Crippen LogP contribution in [0.1, 0.15) is 26.7 Å². The minimum absolute atomic E-state index is 0.451. The first-order chi connectivity index (χ1) is 8.13. The Kier molecular flexibility index (Phi) is 5.07. The van der Waals surface area contributed by atoms with Gasteiger partial charge in [0.05, 0.1) is 12.8 Å². The summed E-state index contributed by atoms with van der Waals surface area (Å²) >= 11 is 0. The molecule has 0 saturated heterocycles. The van der Waals surface area contributed by atoms with Crippen molar-refractivity contribution < 1.29 is 4.74 Å². The average Bonchev–Trinajstić information content (AvgIpc) is 2.35. The molecule has 4 heteroatoms. The van der Waals surface area contributed by atoms with Crippen LogP contribution in [0.2, 0.25) is 0 Å². The van der Waals surface area contributed by atoms with Gasteiger partial charge in [-0.15, -0.1) is 0 Å². The summed E-state index contributed by atoms with van der Waals surface area (Å²) in [5.41, 5.74) is 2.08. The zero-order chi connectivity index (χ0) is 12.8. The highest BCUT2D eigenvalue weighted by atomic mass is 16.5. The van der Waals surface area contributed by atoms with Crippen molar-refractivity contribution in [2.45, 2.75) is 32.7 Å². The highest BCUT2D eigenvalue weighted by molar-refractivity contribution is 5.74. The molecule has 0 radical (unpaired) electrons. The van der Waals surface area contributed by atoms with Crippen LogP contribution >= 0.6 is 0 Å². The molecule has 1 heterocycles. The van der Waals surface area contributed by atoms with Crippen molar-refractivity contribution in [1.29, 1.82) is 0 Å². The third-order valence-corrected chi connectivity index (χ3v) is 2.90. The predicted octanol–water partition coefficient (Wildman–Crippen LogP) is 2.76. The van der Waals surface area contributed by atoms with Gasteiger partial charge in [0.15, 0.2) is 0 Å². The molecule has 0 fully saturated rings. The Labute approximate surface area is 104 Å². The van der Waals surface area contributed by atoms with Gasteiger partial charge in [-0.25, -0.2) is 4.98 Å². The number of hydrogen-bond acceptors (Lipinski definition) is 4. The van der Waals surface area contributed by atoms with Crippen molar-refractivity contribution in [3.8, 4) is 5.88 Å². The van der Waals surface area contributed by atoms with E-state index in [0.29, 0.717) is 11.9 Å². The number of nitrogens with one attached hydrogen (secondary N) is 1. The first-order valence-electron chi connectivity index (χ1n) is 6.10. The van der Waals surface area contributed by atoms with Crippen molar-refractivity contribution in [3.63, 3.8) is 0 Å². The topological polar surface area (TPSA) is 37.4 Å². The second kappa shape index (κ2) is 6.33. The standard InChI is InChI=1S/C13H23N3O/c1-6-10(7-2)15-12-11(16(3)4)8-9-14-13(12)17-5/h8-10,15H,6-7H2,1-5H3. The van der Waals surface area contributed by atoms with Gasteiger partial charge in [0.1, 0.15) is 5.69 Å². The molecule has 96 valence electrons. The fourth-order valence-corrected chi connectivity index (χ4v) is 1.79. The maximum Gasteiger partial charge on any atom is 0.239 e. The number of anilines is 2. The highest BCUT2D eigenvalue weighted by Gasteiger charge is 2.14. The molecular weight excluding hydrogens is 214 g/mol. The summed E-state index contributed by atoms with van der Waals surface area (Å²) in [6.07, 6.45) is 3.94. The molecule has 4 nitrogen and oxygen atoms in total. The van der Waals surface area contributed by atoms with Gasteiger partial charge >= 0.3 is 0 Å². The third kappa shape index (κ3) is 3.25. The normalized spacial score (nSPS) is 10.5. The smallest absolute Gasteiger partial charge is 0.239 e. The third-order valence-electron chi connectivity index (χ3n) is 2.90. The van der Waals surface area contributed by atoms with Crippen LogP contribution in [-0.2, 0) is 0 Å². The predicted molar refractivity (Wildman–Crippen MR) is 73.1 cm³/mol. The van der Waals surface area contributed by atoms with Crippen molar-refractivity contribution in [1.82, 2.24) is 4.98 Å². The summed E-state index contributed by atoms with van der Waals surface area (Å²) in [7, 11) is 5.69. The highest BCUT2D eigenvalue weighted by Crippen LogP contribution is 2.33. The van der Waals surface area contributed by atoms with E-state index in [9.17, 15) is 0 Å². The van der Waals surface area contributed by atoms with Gasteiger partial charge in [-0.2, -0.15) is 0 Å². The molecule has 0 bridgehead atoms. The molecule has 0 aromatic carbocycles. The molecule has 0 amide bonds. The molecule has 0 atom stereocenters. The molecule has 0 unspecified atom stereocenters. The summed E-state index contributed by atoms with van der Waals surface area (Å²) in [6.45, 7) is 4.36. The Hall–Kier alpha value is -1.45. The van der Waals surface area contributed by atoms with Gasteiger partial charge in [-0.1, -0.05) is 13.8 Å². The van der Waals surface area contributed by atoms with E-state index in [-0.39, 0.29) is 0 Å². The summed E-state index contributed by atoms with van der Waals surface area (Å²) in [6, 6.07) is 2.44. The lowest BCUT2D eigenvalue weighted by atomic mass is 10.1. The molecular formula is C13H23N3O. The molecule has 0 saturated carbocycles. The molecule has 1 rings (SSSR count). The van der Waals surface area contributed by atoms with E-state index in [1.165, 1.54) is 0 Å². The van der Waals surface area contributed by atoms with E-state index in [2.05, 4.69) is 29.0 Å². The van der Waals surface area contributed by atoms with Crippen molar-refractivity contribution in [2.24, 2.45) is 0 Å². The van der Waals surface area contributed by atoms with Crippen LogP contribution in [-0.4, -0.2) is 32.2 Å². The number of methoxy groups -OCH3 is 1. The zero-order valence-corrected chi connectivity index (χ0v) is 11.4. The van der Waals surface area contributed by atoms with E-state index < -0.39 is 0 Å². The van der Waals surface area contributed by atoms with Crippen LogP contribution in [0.4, 0.5) is 11.4 Å². The molecule has 0 aliphatic carbocycles. The van der Waals surface area contributed by atoms with Crippen LogP contribution < -0.4 is 15.0 Å². The number of ether oxygens (including phenoxy) is 1. The first kappa shape index (κ1) is 13.6. The Morgan fingerprint density at radius 3 is 2.47 bits per heavy atom. The van der Waals surface area contributed by atoms with Gasteiger partial charge in [-0.05, 0) is 18.9 Å². The molecule has 0 aliphatic heterocycles. The molecule has 0 aliphatic rings. The fraction of sp³-hybridized carbons (Fsp3) is 0.615. The summed E-state index contributed by atoms with van der Waals surface area (Å²) in [5, 5.41) is 3.52. The zero-order valence-electron chi connectivity index (χ0n) is 11.4. The van der Waals surface area contributed by atoms with Crippen molar-refractivity contribution in [3.05, 3.63) is 12.3 Å².